The number of sulfone groups is 1. The molecule has 0 fully saturated rings. The molecule has 5 nitrogen and oxygen atoms in total. The maximum absolute atomic E-state index is 12.6. The smallest absolute Gasteiger partial charge is 0.177 e. The van der Waals surface area contributed by atoms with Crippen LogP contribution in [0.1, 0.15) is 43.4 Å². The van der Waals surface area contributed by atoms with Crippen LogP contribution in [0, 0.1) is 6.92 Å². The molecule has 1 N–H and O–H groups in total. The van der Waals surface area contributed by atoms with E-state index in [1.165, 1.54) is 0 Å². The lowest BCUT2D eigenvalue weighted by atomic mass is 9.90. The van der Waals surface area contributed by atoms with Crippen molar-refractivity contribution in [3.8, 4) is 5.69 Å². The fourth-order valence-corrected chi connectivity index (χ4v) is 5.77. The second-order valence-corrected chi connectivity index (χ2v) is 8.55. The number of rotatable bonds is 3. The number of nitrogens with one attached hydrogen (secondary N) is 1. The van der Waals surface area contributed by atoms with Crippen LogP contribution in [-0.2, 0) is 9.84 Å². The maximum atomic E-state index is 12.6. The highest BCUT2D eigenvalue weighted by Crippen LogP contribution is 2.48. The topological polar surface area (TPSA) is 64.0 Å². The van der Waals surface area contributed by atoms with Gasteiger partial charge in [0, 0.05) is 23.6 Å². The van der Waals surface area contributed by atoms with E-state index in [2.05, 4.69) is 12.2 Å². The Morgan fingerprint density at radius 3 is 2.75 bits per heavy atom. The van der Waals surface area contributed by atoms with Crippen molar-refractivity contribution in [2.45, 2.75) is 39.0 Å². The zero-order valence-electron chi connectivity index (χ0n) is 13.9. The number of anilines is 1. The highest BCUT2D eigenvalue weighted by atomic mass is 32.2. The molecule has 3 heterocycles. The predicted molar refractivity (Wildman–Crippen MR) is 95.0 cm³/mol. The lowest BCUT2D eigenvalue weighted by Gasteiger charge is -2.26. The highest BCUT2D eigenvalue weighted by Gasteiger charge is 2.42. The molecule has 24 heavy (non-hydrogen) atoms. The van der Waals surface area contributed by atoms with Crippen molar-refractivity contribution in [2.75, 3.05) is 11.1 Å². The third-order valence-corrected chi connectivity index (χ3v) is 6.81. The van der Waals surface area contributed by atoms with Gasteiger partial charge in [-0.2, -0.15) is 5.10 Å². The maximum Gasteiger partial charge on any atom is 0.177 e. The second-order valence-electron chi connectivity index (χ2n) is 6.47. The van der Waals surface area contributed by atoms with Crippen LogP contribution in [0.2, 0.25) is 0 Å². The minimum absolute atomic E-state index is 0.0776. The summed E-state index contributed by atoms with van der Waals surface area (Å²) in [5.41, 5.74) is 3.77. The van der Waals surface area contributed by atoms with Gasteiger partial charge in [-0.15, -0.1) is 0 Å². The summed E-state index contributed by atoms with van der Waals surface area (Å²) in [7, 11) is -3.15. The molecule has 0 amide bonds. The first kappa shape index (κ1) is 15.4. The minimum Gasteiger partial charge on any atom is -0.342 e. The first-order valence-corrected chi connectivity index (χ1v) is 10.1. The molecule has 0 radical (unpaired) electrons. The van der Waals surface area contributed by atoms with Gasteiger partial charge in [0.1, 0.15) is 5.82 Å². The lowest BCUT2D eigenvalue weighted by Crippen LogP contribution is -2.20. The summed E-state index contributed by atoms with van der Waals surface area (Å²) in [6, 6.07) is 9.96. The van der Waals surface area contributed by atoms with E-state index in [9.17, 15) is 8.42 Å². The SMILES string of the molecule is CCCC1C2=C(CCS2(=O)=O)Nc2c1c(C)nn2-c1ccccc1. The fraction of sp³-hybridized carbons (Fsp3) is 0.389. The molecule has 1 unspecified atom stereocenters. The Hall–Kier alpha value is -2.08. The molecule has 126 valence electrons. The van der Waals surface area contributed by atoms with Gasteiger partial charge < -0.3 is 5.32 Å². The van der Waals surface area contributed by atoms with Crippen molar-refractivity contribution in [1.29, 1.82) is 0 Å². The molecule has 0 aliphatic carbocycles. The zero-order valence-corrected chi connectivity index (χ0v) is 14.7. The average molecular weight is 343 g/mol. The van der Waals surface area contributed by atoms with Crippen LogP contribution in [0.5, 0.6) is 0 Å². The molecular weight excluding hydrogens is 322 g/mol. The van der Waals surface area contributed by atoms with Crippen LogP contribution in [0.15, 0.2) is 40.9 Å². The van der Waals surface area contributed by atoms with Crippen molar-refractivity contribution in [1.82, 2.24) is 9.78 Å². The number of para-hydroxylation sites is 1. The van der Waals surface area contributed by atoms with Crippen molar-refractivity contribution < 1.29 is 8.42 Å². The molecule has 4 rings (SSSR count). The average Bonchev–Trinajstić information content (AvgIpc) is 3.06. The molecule has 2 aromatic rings. The van der Waals surface area contributed by atoms with Crippen molar-refractivity contribution in [3.05, 3.63) is 52.2 Å². The van der Waals surface area contributed by atoms with Gasteiger partial charge in [-0.3, -0.25) is 0 Å². The molecule has 1 aromatic carbocycles. The molecule has 1 atom stereocenters. The van der Waals surface area contributed by atoms with Crippen molar-refractivity contribution in [2.24, 2.45) is 0 Å². The number of nitrogens with zero attached hydrogens (tertiary/aromatic N) is 2. The van der Waals surface area contributed by atoms with Gasteiger partial charge in [-0.05, 0) is 25.5 Å². The zero-order chi connectivity index (χ0) is 16.9. The van der Waals surface area contributed by atoms with E-state index in [1.807, 2.05) is 41.9 Å². The Morgan fingerprint density at radius 2 is 2.04 bits per heavy atom. The normalized spacial score (nSPS) is 21.3. The van der Waals surface area contributed by atoms with Crippen molar-refractivity contribution >= 4 is 15.7 Å². The van der Waals surface area contributed by atoms with Crippen LogP contribution < -0.4 is 5.32 Å². The van der Waals surface area contributed by atoms with E-state index in [0.29, 0.717) is 11.3 Å². The number of aromatic nitrogens is 2. The molecule has 2 aliphatic heterocycles. The van der Waals surface area contributed by atoms with Gasteiger partial charge in [0.2, 0.25) is 0 Å². The van der Waals surface area contributed by atoms with Crippen LogP contribution in [0.3, 0.4) is 0 Å². The highest BCUT2D eigenvalue weighted by molar-refractivity contribution is 7.95. The van der Waals surface area contributed by atoms with Gasteiger partial charge in [-0.1, -0.05) is 31.5 Å². The summed E-state index contributed by atoms with van der Waals surface area (Å²) >= 11 is 0. The van der Waals surface area contributed by atoms with Gasteiger partial charge in [0.05, 0.1) is 22.0 Å². The molecular formula is C18H21N3O2S. The second kappa shape index (κ2) is 5.48. The standard InChI is InChI=1S/C18H21N3O2S/c1-3-7-14-16-12(2)20-21(13-8-5-4-6-9-13)18(16)19-15-10-11-24(22,23)17(14)15/h4-6,8-9,14,19H,3,7,10-11H2,1-2H3. The van der Waals surface area contributed by atoms with Crippen LogP contribution in [0.4, 0.5) is 5.82 Å². The third kappa shape index (κ3) is 2.20. The van der Waals surface area contributed by atoms with E-state index < -0.39 is 9.84 Å². The molecule has 2 aliphatic rings. The van der Waals surface area contributed by atoms with Crippen LogP contribution >= 0.6 is 0 Å². The largest absolute Gasteiger partial charge is 0.342 e. The van der Waals surface area contributed by atoms with Gasteiger partial charge in [0.15, 0.2) is 9.84 Å². The fourth-order valence-electron chi connectivity index (χ4n) is 3.88. The summed E-state index contributed by atoms with van der Waals surface area (Å²) < 4.78 is 27.0. The van der Waals surface area contributed by atoms with E-state index in [1.54, 1.807) is 0 Å². The Labute approximate surface area is 142 Å². The Kier molecular flexibility index (Phi) is 3.53. The monoisotopic (exact) mass is 343 g/mol. The molecule has 0 saturated carbocycles. The number of hydrogen-bond acceptors (Lipinski definition) is 4. The quantitative estimate of drug-likeness (QED) is 0.926. The van der Waals surface area contributed by atoms with Gasteiger partial charge >= 0.3 is 0 Å². The summed E-state index contributed by atoms with van der Waals surface area (Å²) in [6.45, 7) is 4.07. The van der Waals surface area contributed by atoms with Gasteiger partial charge in [0.25, 0.3) is 0 Å². The molecule has 6 heteroatoms. The number of benzene rings is 1. The summed E-state index contributed by atoms with van der Waals surface area (Å²) in [5.74, 6) is 1.06. The summed E-state index contributed by atoms with van der Waals surface area (Å²) in [4.78, 5) is 0.604. The Bertz CT molecular complexity index is 927. The third-order valence-electron chi connectivity index (χ3n) is 4.87. The number of allylic oxidation sites excluding steroid dienone is 2. The van der Waals surface area contributed by atoms with E-state index in [0.717, 1.165) is 41.3 Å². The Balaban J connectivity index is 1.92. The Morgan fingerprint density at radius 1 is 1.29 bits per heavy atom. The van der Waals surface area contributed by atoms with Crippen LogP contribution in [-0.4, -0.2) is 24.0 Å². The molecule has 0 spiro atoms. The first-order chi connectivity index (χ1) is 11.5. The van der Waals surface area contributed by atoms with Crippen LogP contribution in [0.25, 0.3) is 5.69 Å². The summed E-state index contributed by atoms with van der Waals surface area (Å²) in [5, 5.41) is 8.09. The first-order valence-electron chi connectivity index (χ1n) is 8.40. The molecule has 0 saturated heterocycles. The number of fused-ring (bicyclic) bond motifs is 1. The number of hydrogen-bond donors (Lipinski definition) is 1. The van der Waals surface area contributed by atoms with E-state index in [-0.39, 0.29) is 11.7 Å². The lowest BCUT2D eigenvalue weighted by molar-refractivity contribution is 0.596. The van der Waals surface area contributed by atoms with E-state index in [4.69, 9.17) is 5.10 Å². The minimum atomic E-state index is -3.15. The molecule has 1 aromatic heterocycles. The molecule has 0 bridgehead atoms. The van der Waals surface area contributed by atoms with E-state index >= 15 is 0 Å². The van der Waals surface area contributed by atoms with Crippen molar-refractivity contribution in [3.63, 3.8) is 0 Å². The predicted octanol–water partition coefficient (Wildman–Crippen LogP) is 3.52. The summed E-state index contributed by atoms with van der Waals surface area (Å²) in [6.07, 6.45) is 2.33. The van der Waals surface area contributed by atoms with Gasteiger partial charge in [-0.25, -0.2) is 13.1 Å². The number of aryl methyl sites for hydroxylation is 1.